The number of nitrogens with one attached hydrogen (secondary N) is 1. The van der Waals surface area contributed by atoms with Crippen LogP contribution < -0.4 is 0 Å². The van der Waals surface area contributed by atoms with Crippen molar-refractivity contribution in [2.45, 2.75) is 37.5 Å². The molecule has 21 heavy (non-hydrogen) atoms. The summed E-state index contributed by atoms with van der Waals surface area (Å²) >= 11 is 0. The minimum absolute atomic E-state index is 0.150. The first-order valence-corrected chi connectivity index (χ1v) is 8.36. The van der Waals surface area contributed by atoms with E-state index in [4.69, 9.17) is 4.52 Å². The predicted octanol–water partition coefficient (Wildman–Crippen LogP) is 1.58. The minimum atomic E-state index is -3.56. The summed E-state index contributed by atoms with van der Waals surface area (Å²) in [6.45, 7) is 4.26. The van der Waals surface area contributed by atoms with E-state index in [0.29, 0.717) is 24.5 Å². The number of rotatable bonds is 3. The minimum Gasteiger partial charge on any atom is -0.360 e. The van der Waals surface area contributed by atoms with Crippen molar-refractivity contribution in [1.29, 1.82) is 0 Å². The number of aryl methyl sites for hydroxylation is 2. The Morgan fingerprint density at radius 1 is 1.43 bits per heavy atom. The molecule has 1 saturated heterocycles. The fraction of sp³-hybridized carbons (Fsp3) is 0.538. The van der Waals surface area contributed by atoms with Crippen LogP contribution in [0.2, 0.25) is 0 Å². The topological polar surface area (TPSA) is 92.1 Å². The number of nitrogens with zero attached hydrogens (tertiary/aromatic N) is 3. The van der Waals surface area contributed by atoms with Gasteiger partial charge < -0.3 is 4.52 Å². The van der Waals surface area contributed by atoms with Crippen LogP contribution in [0.5, 0.6) is 0 Å². The summed E-state index contributed by atoms with van der Waals surface area (Å²) in [5.41, 5.74) is 1.39. The van der Waals surface area contributed by atoms with E-state index in [1.54, 1.807) is 20.0 Å². The van der Waals surface area contributed by atoms with Gasteiger partial charge in [0.05, 0.1) is 0 Å². The largest absolute Gasteiger partial charge is 0.360 e. The van der Waals surface area contributed by atoms with E-state index >= 15 is 0 Å². The van der Waals surface area contributed by atoms with Crippen molar-refractivity contribution in [1.82, 2.24) is 19.7 Å². The third-order valence-corrected chi connectivity index (χ3v) is 6.02. The molecular formula is C13H18N4O3S. The second kappa shape index (κ2) is 5.27. The van der Waals surface area contributed by atoms with E-state index in [0.717, 1.165) is 18.5 Å². The fourth-order valence-corrected chi connectivity index (χ4v) is 4.70. The molecule has 1 atom stereocenters. The molecule has 2 aromatic heterocycles. The smallest absolute Gasteiger partial charge is 0.248 e. The lowest BCUT2D eigenvalue weighted by molar-refractivity contribution is 0.311. The van der Waals surface area contributed by atoms with Gasteiger partial charge in [-0.25, -0.2) is 8.42 Å². The second-order valence-electron chi connectivity index (χ2n) is 5.37. The van der Waals surface area contributed by atoms with Crippen molar-refractivity contribution < 1.29 is 12.9 Å². The van der Waals surface area contributed by atoms with Crippen molar-refractivity contribution in [2.24, 2.45) is 0 Å². The third kappa shape index (κ3) is 2.49. The lowest BCUT2D eigenvalue weighted by atomic mass is 9.96. The van der Waals surface area contributed by atoms with Crippen LogP contribution in [0.4, 0.5) is 0 Å². The first kappa shape index (κ1) is 14.3. The van der Waals surface area contributed by atoms with Crippen LogP contribution in [-0.2, 0) is 10.0 Å². The predicted molar refractivity (Wildman–Crippen MR) is 75.3 cm³/mol. The van der Waals surface area contributed by atoms with Crippen LogP contribution in [-0.4, -0.2) is 41.2 Å². The van der Waals surface area contributed by atoms with E-state index in [1.807, 2.05) is 6.07 Å². The lowest BCUT2D eigenvalue weighted by Gasteiger charge is -2.31. The molecule has 1 unspecified atom stereocenters. The zero-order valence-corrected chi connectivity index (χ0v) is 12.9. The zero-order valence-electron chi connectivity index (χ0n) is 12.0. The van der Waals surface area contributed by atoms with E-state index < -0.39 is 10.0 Å². The van der Waals surface area contributed by atoms with Gasteiger partial charge in [-0.1, -0.05) is 5.16 Å². The molecule has 1 fully saturated rings. The molecule has 0 radical (unpaired) electrons. The number of hydrogen-bond donors (Lipinski definition) is 1. The standard InChI is InChI=1S/C13H18N4O3S/c1-9-13(10(2)20-16-9)21(18,19)17-7-3-4-11(8-17)12-5-6-14-15-12/h5-6,11H,3-4,7-8H2,1-2H3,(H,14,15). The molecule has 114 valence electrons. The SMILES string of the molecule is Cc1noc(C)c1S(=O)(=O)N1CCCC(c2ccn[nH]2)C1. The Hall–Kier alpha value is -1.67. The van der Waals surface area contributed by atoms with E-state index in [-0.39, 0.29) is 10.8 Å². The Morgan fingerprint density at radius 3 is 2.86 bits per heavy atom. The first-order valence-electron chi connectivity index (χ1n) is 6.92. The van der Waals surface area contributed by atoms with Crippen molar-refractivity contribution >= 4 is 10.0 Å². The highest BCUT2D eigenvalue weighted by atomic mass is 32.2. The highest BCUT2D eigenvalue weighted by Crippen LogP contribution is 2.31. The normalized spacial score (nSPS) is 20.8. The van der Waals surface area contributed by atoms with Crippen LogP contribution >= 0.6 is 0 Å². The Labute approximate surface area is 123 Å². The average Bonchev–Trinajstić information content (AvgIpc) is 3.09. The number of aromatic amines is 1. The van der Waals surface area contributed by atoms with Gasteiger partial charge in [0.1, 0.15) is 10.6 Å². The summed E-state index contributed by atoms with van der Waals surface area (Å²) in [6.07, 6.45) is 3.47. The molecule has 3 heterocycles. The van der Waals surface area contributed by atoms with Gasteiger partial charge in [-0.2, -0.15) is 9.40 Å². The zero-order chi connectivity index (χ0) is 15.0. The molecule has 1 aliphatic heterocycles. The van der Waals surface area contributed by atoms with E-state index in [9.17, 15) is 8.42 Å². The van der Waals surface area contributed by atoms with Gasteiger partial charge in [0.25, 0.3) is 0 Å². The highest BCUT2D eigenvalue weighted by Gasteiger charge is 2.35. The Morgan fingerprint density at radius 2 is 2.24 bits per heavy atom. The van der Waals surface area contributed by atoms with Crippen LogP contribution in [0.25, 0.3) is 0 Å². The molecule has 1 N–H and O–H groups in total. The van der Waals surface area contributed by atoms with Gasteiger partial charge in [-0.05, 0) is 32.8 Å². The molecule has 0 spiro atoms. The Balaban J connectivity index is 1.89. The van der Waals surface area contributed by atoms with Gasteiger partial charge in [0, 0.05) is 30.9 Å². The van der Waals surface area contributed by atoms with Gasteiger partial charge in [0.15, 0.2) is 5.76 Å². The summed E-state index contributed by atoms with van der Waals surface area (Å²) in [4.78, 5) is 0.202. The van der Waals surface area contributed by atoms with Crippen LogP contribution in [0, 0.1) is 13.8 Å². The molecule has 1 aliphatic rings. The van der Waals surface area contributed by atoms with Crippen LogP contribution in [0.15, 0.2) is 21.7 Å². The summed E-state index contributed by atoms with van der Waals surface area (Å²) in [5, 5.41) is 10.6. The van der Waals surface area contributed by atoms with Crippen LogP contribution in [0.1, 0.15) is 35.9 Å². The van der Waals surface area contributed by atoms with Gasteiger partial charge >= 0.3 is 0 Å². The van der Waals surface area contributed by atoms with Crippen molar-refractivity contribution in [3.05, 3.63) is 29.4 Å². The van der Waals surface area contributed by atoms with Gasteiger partial charge in [-0.3, -0.25) is 5.10 Å². The van der Waals surface area contributed by atoms with Crippen molar-refractivity contribution in [3.63, 3.8) is 0 Å². The van der Waals surface area contributed by atoms with Crippen LogP contribution in [0.3, 0.4) is 0 Å². The third-order valence-electron chi connectivity index (χ3n) is 3.91. The maximum atomic E-state index is 12.8. The van der Waals surface area contributed by atoms with E-state index in [2.05, 4.69) is 15.4 Å². The molecule has 2 aromatic rings. The Bertz CT molecular complexity index is 701. The quantitative estimate of drug-likeness (QED) is 0.929. The maximum absolute atomic E-state index is 12.8. The monoisotopic (exact) mass is 310 g/mol. The summed E-state index contributed by atoms with van der Waals surface area (Å²) < 4.78 is 32.1. The number of aromatic nitrogens is 3. The molecular weight excluding hydrogens is 292 g/mol. The fourth-order valence-electron chi connectivity index (χ4n) is 2.88. The molecule has 0 bridgehead atoms. The molecule has 8 heteroatoms. The van der Waals surface area contributed by atoms with Crippen molar-refractivity contribution in [3.8, 4) is 0 Å². The molecule has 0 amide bonds. The molecule has 3 rings (SSSR count). The van der Waals surface area contributed by atoms with Gasteiger partial charge in [0.2, 0.25) is 10.0 Å². The Kier molecular flexibility index (Phi) is 3.58. The number of hydrogen-bond acceptors (Lipinski definition) is 5. The highest BCUT2D eigenvalue weighted by molar-refractivity contribution is 7.89. The molecule has 0 aromatic carbocycles. The summed E-state index contributed by atoms with van der Waals surface area (Å²) in [5.74, 6) is 0.493. The second-order valence-corrected chi connectivity index (χ2v) is 7.24. The number of piperidine rings is 1. The summed E-state index contributed by atoms with van der Waals surface area (Å²) in [6, 6.07) is 1.90. The molecule has 7 nitrogen and oxygen atoms in total. The average molecular weight is 310 g/mol. The number of H-pyrrole nitrogens is 1. The van der Waals surface area contributed by atoms with Crippen molar-refractivity contribution in [2.75, 3.05) is 13.1 Å². The van der Waals surface area contributed by atoms with Gasteiger partial charge in [-0.15, -0.1) is 0 Å². The number of sulfonamides is 1. The summed E-state index contributed by atoms with van der Waals surface area (Å²) in [7, 11) is -3.56. The first-order chi connectivity index (χ1) is 10.00. The molecule has 0 aliphatic carbocycles. The maximum Gasteiger partial charge on any atom is 0.248 e. The lowest BCUT2D eigenvalue weighted by Crippen LogP contribution is -2.39. The molecule has 0 saturated carbocycles. The van der Waals surface area contributed by atoms with E-state index in [1.165, 1.54) is 4.31 Å².